The fourth-order valence-corrected chi connectivity index (χ4v) is 7.87. The fourth-order valence-electron chi connectivity index (χ4n) is 4.35. The van der Waals surface area contributed by atoms with Gasteiger partial charge in [-0.25, -0.2) is 8.42 Å². The van der Waals surface area contributed by atoms with Gasteiger partial charge >= 0.3 is 5.51 Å². The van der Waals surface area contributed by atoms with Crippen LogP contribution in [0.2, 0.25) is 0 Å². The fraction of sp³-hybridized carbons (Fsp3) is 0.167. The van der Waals surface area contributed by atoms with Gasteiger partial charge in [-0.3, -0.25) is 0 Å². The van der Waals surface area contributed by atoms with Crippen LogP contribution in [0.25, 0.3) is 0 Å². The third kappa shape index (κ3) is 16.8. The number of benzene rings is 5. The van der Waals surface area contributed by atoms with E-state index in [9.17, 15) is 13.2 Å². The Morgan fingerprint density at radius 3 is 0.938 bits per heavy atom. The van der Waals surface area contributed by atoms with Gasteiger partial charge in [0.15, 0.2) is 10.1 Å². The predicted octanol–water partition coefficient (Wildman–Crippen LogP) is 7.82. The molecule has 0 spiro atoms. The van der Waals surface area contributed by atoms with Crippen molar-refractivity contribution < 1.29 is 46.6 Å². The zero-order chi connectivity index (χ0) is 34.4. The number of hydrogen-bond donors (Lipinski definition) is 1. The molecule has 1 aliphatic carbocycles. The van der Waals surface area contributed by atoms with Crippen LogP contribution < -0.4 is 26.5 Å². The zero-order valence-electron chi connectivity index (χ0n) is 26.0. The van der Waals surface area contributed by atoms with Gasteiger partial charge < -0.3 is 4.55 Å². The minimum atomic E-state index is -6.09. The Morgan fingerprint density at radius 1 is 0.521 bits per heavy atom. The summed E-state index contributed by atoms with van der Waals surface area (Å²) in [6, 6.07) is 53.6. The summed E-state index contributed by atoms with van der Waals surface area (Å²) in [5.41, 5.74) is -1.15. The standard InChI is InChI=1S/C18H15P.C12H11P.C5H10.CHF3O3S.HNO.Re/c1-4-10-16(11-5-1)19(17-12-6-2-7-13-17)18-14-8-3-9-15-18;1-3-7-11(8-4-1)13-12-9-5-2-6-10-12;1-2-4-5-3-1;2-1(3,4)8(5,6)7;1-2;/h1-15H;1-10,13H;1-5H2;(H,5,6,7);1H;. The SMILES string of the molecule is C1CCCC1.N=O.O=S(=O)([O-])C(F)(F)F.[Re].c1ccc(P(c2ccccc2)c2ccccc2)cc1.c1ccc([PH2+]c2ccccc2)cc1. The smallest absolute Gasteiger partial charge is 0.485 e. The number of rotatable bonds is 5. The Morgan fingerprint density at radius 2 is 0.729 bits per heavy atom. The number of halogens is 3. The average Bonchev–Trinajstić information content (AvgIpc) is 3.69. The van der Waals surface area contributed by atoms with E-state index in [2.05, 4.69) is 157 Å². The Hall–Kier alpha value is -3.08. The summed E-state index contributed by atoms with van der Waals surface area (Å²) in [5.74, 6) is 0. The van der Waals surface area contributed by atoms with Gasteiger partial charge in [0, 0.05) is 20.4 Å². The van der Waals surface area contributed by atoms with E-state index in [0.29, 0.717) is 0 Å². The number of alkyl halides is 3. The third-order valence-electron chi connectivity index (χ3n) is 6.51. The summed E-state index contributed by atoms with van der Waals surface area (Å²) in [7, 11) is -6.26. The van der Waals surface area contributed by atoms with Crippen LogP contribution in [0.5, 0.6) is 0 Å². The molecule has 255 valence electrons. The van der Waals surface area contributed by atoms with Crippen LogP contribution in [-0.4, -0.2) is 18.5 Å². The first-order valence-electron chi connectivity index (χ1n) is 14.8. The minimum absolute atomic E-state index is 0. The summed E-state index contributed by atoms with van der Waals surface area (Å²) in [6.07, 6.45) is 7.50. The van der Waals surface area contributed by atoms with Crippen LogP contribution in [-0.2, 0) is 30.5 Å². The molecule has 12 heteroatoms. The van der Waals surface area contributed by atoms with Gasteiger partial charge in [-0.15, -0.1) is 0 Å². The molecule has 0 amide bonds. The summed E-state index contributed by atoms with van der Waals surface area (Å²) in [4.78, 5) is 7.50. The molecule has 0 aromatic heterocycles. The molecule has 0 unspecified atom stereocenters. The molecule has 0 heterocycles. The number of nitroso groups, excluding NO2 is 1. The molecule has 0 aliphatic heterocycles. The van der Waals surface area contributed by atoms with Gasteiger partial charge in [0.1, 0.15) is 0 Å². The monoisotopic (exact) mass is 886 g/mol. The van der Waals surface area contributed by atoms with Gasteiger partial charge in [-0.2, -0.15) is 18.1 Å². The van der Waals surface area contributed by atoms with E-state index in [1.165, 1.54) is 58.6 Å². The van der Waals surface area contributed by atoms with Gasteiger partial charge in [0.05, 0.1) is 19.2 Å². The van der Waals surface area contributed by atoms with Crippen molar-refractivity contribution in [1.82, 2.24) is 0 Å². The Bertz CT molecular complexity index is 1480. The normalized spacial score (nSPS) is 11.8. The molecular weight excluding hydrogens is 848 g/mol. The number of nitrogens with one attached hydrogen (secondary N) is 1. The van der Waals surface area contributed by atoms with Crippen molar-refractivity contribution in [3.05, 3.63) is 157 Å². The van der Waals surface area contributed by atoms with Crippen molar-refractivity contribution in [3.8, 4) is 0 Å². The van der Waals surface area contributed by atoms with Crippen LogP contribution in [0.4, 0.5) is 13.2 Å². The van der Waals surface area contributed by atoms with E-state index in [4.69, 9.17) is 17.9 Å². The molecule has 5 aromatic carbocycles. The molecule has 5 nitrogen and oxygen atoms in total. The largest absolute Gasteiger partial charge is 0.741 e. The predicted molar refractivity (Wildman–Crippen MR) is 192 cm³/mol. The van der Waals surface area contributed by atoms with Gasteiger partial charge in [-0.1, -0.05) is 165 Å². The van der Waals surface area contributed by atoms with Gasteiger partial charge in [-0.05, 0) is 48.1 Å². The molecule has 0 atom stereocenters. The summed E-state index contributed by atoms with van der Waals surface area (Å²) < 4.78 is 58.9. The van der Waals surface area contributed by atoms with E-state index < -0.39 is 23.5 Å². The Balaban J connectivity index is 0.000000345. The molecule has 5 aromatic rings. The molecule has 1 saturated carbocycles. The van der Waals surface area contributed by atoms with Crippen molar-refractivity contribution >= 4 is 53.1 Å². The third-order valence-corrected chi connectivity index (χ3v) is 11.0. The van der Waals surface area contributed by atoms with Crippen LogP contribution in [0.1, 0.15) is 32.1 Å². The maximum atomic E-state index is 10.7. The Labute approximate surface area is 298 Å². The first kappa shape index (κ1) is 42.9. The zero-order valence-corrected chi connectivity index (χ0v) is 31.6. The second-order valence-corrected chi connectivity index (χ2v) is 15.2. The Kier molecular flexibility index (Phi) is 21.6. The molecule has 1 aliphatic rings. The maximum absolute atomic E-state index is 10.7. The molecular formula is C36H38F3NO4P2ReS. The molecule has 0 bridgehead atoms. The van der Waals surface area contributed by atoms with Gasteiger partial charge in [0.25, 0.3) is 0 Å². The molecule has 48 heavy (non-hydrogen) atoms. The molecule has 6 rings (SSSR count). The second-order valence-electron chi connectivity index (χ2n) is 9.98. The van der Waals surface area contributed by atoms with Crippen LogP contribution in [0.3, 0.4) is 0 Å². The number of hydrogen-bond acceptors (Lipinski definition) is 5. The molecule has 1 fully saturated rings. The molecule has 1 radical (unpaired) electrons. The van der Waals surface area contributed by atoms with Crippen LogP contribution in [0, 0.1) is 10.5 Å². The van der Waals surface area contributed by atoms with Crippen molar-refractivity contribution in [3.63, 3.8) is 0 Å². The van der Waals surface area contributed by atoms with Crippen LogP contribution in [0.15, 0.2) is 152 Å². The minimum Gasteiger partial charge on any atom is -0.741 e. The van der Waals surface area contributed by atoms with Crippen LogP contribution >= 0.6 is 16.5 Å². The average molecular weight is 886 g/mol. The van der Waals surface area contributed by atoms with Crippen molar-refractivity contribution in [1.29, 1.82) is 5.59 Å². The second kappa shape index (κ2) is 24.1. The summed E-state index contributed by atoms with van der Waals surface area (Å²) >= 11 is 0. The van der Waals surface area contributed by atoms with Crippen molar-refractivity contribution in [2.45, 2.75) is 37.6 Å². The van der Waals surface area contributed by atoms with E-state index in [-0.39, 0.29) is 29.0 Å². The molecule has 0 saturated heterocycles. The van der Waals surface area contributed by atoms with E-state index >= 15 is 0 Å². The van der Waals surface area contributed by atoms with Gasteiger partial charge in [0.2, 0.25) is 0 Å². The van der Waals surface area contributed by atoms with Crippen molar-refractivity contribution in [2.75, 3.05) is 0 Å². The molecule has 1 N–H and O–H groups in total. The first-order chi connectivity index (χ1) is 22.6. The van der Waals surface area contributed by atoms with E-state index in [1.54, 1.807) is 0 Å². The quantitative estimate of drug-likeness (QED) is 0.0843. The van der Waals surface area contributed by atoms with E-state index in [0.717, 1.165) is 0 Å². The summed E-state index contributed by atoms with van der Waals surface area (Å²) in [6.45, 7) is 0. The topological polar surface area (TPSA) is 98.1 Å². The maximum Gasteiger partial charge on any atom is 0.485 e. The van der Waals surface area contributed by atoms with E-state index in [1.807, 2.05) is 0 Å². The first-order valence-corrected chi connectivity index (χ1v) is 18.7. The summed E-state index contributed by atoms with van der Waals surface area (Å²) in [5, 5.41) is 7.10. The van der Waals surface area contributed by atoms with Crippen molar-refractivity contribution in [2.24, 2.45) is 0 Å².